The molecule has 0 spiro atoms. The number of hydrogen-bond acceptors (Lipinski definition) is 2. The van der Waals surface area contributed by atoms with Gasteiger partial charge < -0.3 is 9.80 Å². The summed E-state index contributed by atoms with van der Waals surface area (Å²) >= 11 is 11.5. The molecule has 0 aromatic rings. The summed E-state index contributed by atoms with van der Waals surface area (Å²) in [5.74, 6) is 1.42. The Kier molecular flexibility index (Phi) is 3.07. The van der Waals surface area contributed by atoms with Crippen molar-refractivity contribution in [3.8, 4) is 0 Å². The van der Waals surface area contributed by atoms with E-state index in [-0.39, 0.29) is 0 Å². The van der Waals surface area contributed by atoms with Crippen molar-refractivity contribution in [2.75, 3.05) is 13.1 Å². The first-order valence-corrected chi connectivity index (χ1v) is 8.67. The van der Waals surface area contributed by atoms with Gasteiger partial charge in [0.15, 0.2) is 0 Å². The van der Waals surface area contributed by atoms with Gasteiger partial charge in [0.2, 0.25) is 0 Å². The molecule has 4 aliphatic rings. The Morgan fingerprint density at radius 2 is 1.79 bits per heavy atom. The molecule has 4 rings (SSSR count). The molecule has 0 N–H and O–H groups in total. The lowest BCUT2D eigenvalue weighted by Gasteiger charge is -2.58. The van der Waals surface area contributed by atoms with Crippen LogP contribution in [0, 0.1) is 11.8 Å². The summed E-state index contributed by atoms with van der Waals surface area (Å²) in [6.07, 6.45) is 9.12. The van der Waals surface area contributed by atoms with Crippen LogP contribution < -0.4 is 0 Å². The Labute approximate surface area is 126 Å². The van der Waals surface area contributed by atoms with Crippen LogP contribution in [-0.2, 0) is 0 Å². The molecular weight excluding hydrogens is 272 g/mol. The predicted octanol–water partition coefficient (Wildman–Crippen LogP) is 3.00. The number of hydrogen-bond donors (Lipinski definition) is 0. The first kappa shape index (κ1) is 12.5. The van der Waals surface area contributed by atoms with Gasteiger partial charge in [-0.1, -0.05) is 24.4 Å². The highest BCUT2D eigenvalue weighted by Crippen LogP contribution is 2.44. The van der Waals surface area contributed by atoms with Crippen molar-refractivity contribution in [2.24, 2.45) is 11.8 Å². The highest BCUT2D eigenvalue weighted by atomic mass is 32.1. The average molecular weight is 294 g/mol. The van der Waals surface area contributed by atoms with Gasteiger partial charge in [-0.25, -0.2) is 0 Å². The molecule has 19 heavy (non-hydrogen) atoms. The molecule has 0 aromatic carbocycles. The third kappa shape index (κ3) is 1.86. The van der Waals surface area contributed by atoms with E-state index in [2.05, 4.69) is 9.80 Å². The number of piperidine rings is 4. The van der Waals surface area contributed by atoms with Gasteiger partial charge in [0.1, 0.15) is 0 Å². The highest BCUT2D eigenvalue weighted by molar-refractivity contribution is 7.80. The molecule has 0 aromatic heterocycles. The van der Waals surface area contributed by atoms with Crippen molar-refractivity contribution >= 4 is 34.4 Å². The molecule has 4 saturated heterocycles. The Morgan fingerprint density at radius 1 is 0.947 bits per heavy atom. The molecule has 0 saturated carbocycles. The van der Waals surface area contributed by atoms with Crippen molar-refractivity contribution in [2.45, 2.75) is 57.0 Å². The summed E-state index contributed by atoms with van der Waals surface area (Å²) in [6, 6.07) is 1.36. The minimum absolute atomic E-state index is 0.612. The van der Waals surface area contributed by atoms with Gasteiger partial charge >= 0.3 is 0 Å². The van der Waals surface area contributed by atoms with Gasteiger partial charge in [0.25, 0.3) is 0 Å². The molecule has 4 heteroatoms. The van der Waals surface area contributed by atoms with Crippen molar-refractivity contribution in [3.63, 3.8) is 0 Å². The molecule has 4 aliphatic heterocycles. The second-order valence-electron chi connectivity index (χ2n) is 6.70. The summed E-state index contributed by atoms with van der Waals surface area (Å²) in [5.41, 5.74) is 0. The number of nitrogens with zero attached hydrogens (tertiary/aromatic N) is 2. The van der Waals surface area contributed by atoms with E-state index < -0.39 is 0 Å². The van der Waals surface area contributed by atoms with Crippen LogP contribution in [0.25, 0.3) is 0 Å². The minimum Gasteiger partial charge on any atom is -0.363 e. The highest BCUT2D eigenvalue weighted by Gasteiger charge is 2.49. The van der Waals surface area contributed by atoms with Crippen LogP contribution >= 0.6 is 24.4 Å². The molecule has 0 amide bonds. The lowest BCUT2D eigenvalue weighted by atomic mass is 9.71. The molecule has 0 unspecified atom stereocenters. The van der Waals surface area contributed by atoms with Crippen LogP contribution in [0.5, 0.6) is 0 Å². The number of rotatable bonds is 0. The fourth-order valence-electron chi connectivity index (χ4n) is 4.89. The quantitative estimate of drug-likeness (QED) is 0.633. The van der Waals surface area contributed by atoms with Crippen LogP contribution in [0.2, 0.25) is 0 Å². The van der Waals surface area contributed by atoms with E-state index in [1.807, 2.05) is 0 Å². The second kappa shape index (κ2) is 4.66. The Balaban J connectivity index is 1.66. The Hall–Kier alpha value is -0.220. The first-order valence-electron chi connectivity index (χ1n) is 7.85. The maximum atomic E-state index is 5.87. The summed E-state index contributed by atoms with van der Waals surface area (Å²) in [7, 11) is 0. The second-order valence-corrected chi connectivity index (χ2v) is 7.59. The van der Waals surface area contributed by atoms with E-state index >= 15 is 0 Å². The van der Waals surface area contributed by atoms with Crippen molar-refractivity contribution in [1.82, 2.24) is 9.80 Å². The third-order valence-electron chi connectivity index (χ3n) is 5.76. The van der Waals surface area contributed by atoms with E-state index in [1.165, 1.54) is 61.6 Å². The van der Waals surface area contributed by atoms with Crippen LogP contribution in [-0.4, -0.2) is 45.0 Å². The molecule has 104 valence electrons. The summed E-state index contributed by atoms with van der Waals surface area (Å²) in [6.45, 7) is 2.43. The van der Waals surface area contributed by atoms with Gasteiger partial charge in [-0.2, -0.15) is 0 Å². The molecule has 0 radical (unpaired) electrons. The molecule has 4 heterocycles. The lowest BCUT2D eigenvalue weighted by molar-refractivity contribution is 0.0349. The SMILES string of the molecule is S=C1CCC[C@@H]2[C@H]3C[C@@H](CN12)[C@@H]1CCCCN1C3=S. The summed E-state index contributed by atoms with van der Waals surface area (Å²) in [5, 5.41) is 0. The molecule has 2 bridgehead atoms. The van der Waals surface area contributed by atoms with E-state index in [9.17, 15) is 0 Å². The van der Waals surface area contributed by atoms with E-state index in [0.717, 1.165) is 18.4 Å². The molecule has 4 fully saturated rings. The molecule has 0 aliphatic carbocycles. The fourth-order valence-corrected chi connectivity index (χ4v) is 5.73. The lowest BCUT2D eigenvalue weighted by Crippen LogP contribution is -2.65. The predicted molar refractivity (Wildman–Crippen MR) is 85.5 cm³/mol. The largest absolute Gasteiger partial charge is 0.363 e. The minimum atomic E-state index is 0.612. The van der Waals surface area contributed by atoms with Gasteiger partial charge in [-0.05, 0) is 50.9 Å². The van der Waals surface area contributed by atoms with Gasteiger partial charge in [-0.15, -0.1) is 0 Å². The molecule has 4 atom stereocenters. The topological polar surface area (TPSA) is 6.48 Å². The van der Waals surface area contributed by atoms with Crippen LogP contribution in [0.3, 0.4) is 0 Å². The van der Waals surface area contributed by atoms with Crippen LogP contribution in [0.4, 0.5) is 0 Å². The molecular formula is C15H22N2S2. The first-order chi connectivity index (χ1) is 9.25. The Morgan fingerprint density at radius 3 is 2.68 bits per heavy atom. The smallest absolute Gasteiger partial charge is 0.0834 e. The summed E-state index contributed by atoms with van der Waals surface area (Å²) < 4.78 is 0. The monoisotopic (exact) mass is 294 g/mol. The van der Waals surface area contributed by atoms with Gasteiger partial charge in [-0.3, -0.25) is 0 Å². The third-order valence-corrected chi connectivity index (χ3v) is 6.73. The van der Waals surface area contributed by atoms with Crippen LogP contribution in [0.1, 0.15) is 44.9 Å². The standard InChI is InChI=1S/C15H22N2S2/c18-14-6-3-5-13-11-8-10(9-17(13)14)12-4-1-2-7-16(12)15(11)19/h10-13H,1-9H2/t10-,11+,12-,13+/m0/s1. The maximum Gasteiger partial charge on any atom is 0.0834 e. The normalized spacial score (nSPS) is 41.9. The van der Waals surface area contributed by atoms with Gasteiger partial charge in [0, 0.05) is 31.1 Å². The van der Waals surface area contributed by atoms with Crippen LogP contribution in [0.15, 0.2) is 0 Å². The number of fused-ring (bicyclic) bond motifs is 6. The van der Waals surface area contributed by atoms with E-state index in [0.29, 0.717) is 12.0 Å². The maximum absolute atomic E-state index is 5.87. The Bertz CT molecular complexity index is 422. The van der Waals surface area contributed by atoms with Crippen molar-refractivity contribution in [1.29, 1.82) is 0 Å². The van der Waals surface area contributed by atoms with E-state index in [4.69, 9.17) is 24.4 Å². The van der Waals surface area contributed by atoms with Crippen molar-refractivity contribution < 1.29 is 0 Å². The molecule has 2 nitrogen and oxygen atoms in total. The zero-order chi connectivity index (χ0) is 13.0. The van der Waals surface area contributed by atoms with Crippen molar-refractivity contribution in [3.05, 3.63) is 0 Å². The average Bonchev–Trinajstić information content (AvgIpc) is 2.45. The van der Waals surface area contributed by atoms with E-state index in [1.54, 1.807) is 0 Å². The summed E-state index contributed by atoms with van der Waals surface area (Å²) in [4.78, 5) is 7.67. The fraction of sp³-hybridized carbons (Fsp3) is 0.867. The zero-order valence-corrected chi connectivity index (χ0v) is 13.0. The zero-order valence-electron chi connectivity index (χ0n) is 11.4. The van der Waals surface area contributed by atoms with Gasteiger partial charge in [0.05, 0.1) is 9.98 Å². The number of thiocarbonyl (C=S) groups is 2.